The summed E-state index contributed by atoms with van der Waals surface area (Å²) >= 11 is 0. The Morgan fingerprint density at radius 2 is 1.94 bits per heavy atom. The lowest BCUT2D eigenvalue weighted by Crippen LogP contribution is -2.42. The number of aromatic nitrogens is 1. The van der Waals surface area contributed by atoms with Crippen molar-refractivity contribution < 1.29 is 5.11 Å². The van der Waals surface area contributed by atoms with Crippen molar-refractivity contribution in [3.63, 3.8) is 0 Å². The van der Waals surface area contributed by atoms with Crippen LogP contribution in [0, 0.1) is 0 Å². The van der Waals surface area contributed by atoms with E-state index in [9.17, 15) is 5.11 Å². The molecule has 1 atom stereocenters. The Morgan fingerprint density at radius 1 is 1.29 bits per heavy atom. The van der Waals surface area contributed by atoms with Gasteiger partial charge in [0.25, 0.3) is 0 Å². The molecule has 17 heavy (non-hydrogen) atoms. The zero-order valence-electron chi connectivity index (χ0n) is 10.5. The monoisotopic (exact) mass is 234 g/mol. The van der Waals surface area contributed by atoms with Gasteiger partial charge < -0.3 is 10.4 Å². The lowest BCUT2D eigenvalue weighted by atomic mass is 9.84. The highest BCUT2D eigenvalue weighted by atomic mass is 16.3. The molecule has 1 aliphatic rings. The lowest BCUT2D eigenvalue weighted by molar-refractivity contribution is 0.00300. The quantitative estimate of drug-likeness (QED) is 0.841. The standard InChI is InChI=1S/C14H22N2O/c1-12(13-5-9-15-10-6-13)16-11-14(17)7-3-2-4-8-14/h5-6,9-10,12,16-17H,2-4,7-8,11H2,1H3/t12-/m1/s1. The van der Waals surface area contributed by atoms with Crippen LogP contribution in [0.5, 0.6) is 0 Å². The largest absolute Gasteiger partial charge is 0.389 e. The van der Waals surface area contributed by atoms with Crippen LogP contribution in [0.3, 0.4) is 0 Å². The molecule has 1 aliphatic carbocycles. The van der Waals surface area contributed by atoms with Gasteiger partial charge >= 0.3 is 0 Å². The molecular weight excluding hydrogens is 212 g/mol. The highest BCUT2D eigenvalue weighted by Crippen LogP contribution is 2.27. The summed E-state index contributed by atoms with van der Waals surface area (Å²) in [6, 6.07) is 4.30. The van der Waals surface area contributed by atoms with E-state index in [-0.39, 0.29) is 6.04 Å². The number of nitrogens with zero attached hydrogens (tertiary/aromatic N) is 1. The predicted molar refractivity (Wildman–Crippen MR) is 68.7 cm³/mol. The first kappa shape index (κ1) is 12.5. The van der Waals surface area contributed by atoms with Crippen LogP contribution in [0.15, 0.2) is 24.5 Å². The van der Waals surface area contributed by atoms with E-state index in [0.717, 1.165) is 25.7 Å². The molecule has 0 amide bonds. The van der Waals surface area contributed by atoms with E-state index >= 15 is 0 Å². The summed E-state index contributed by atoms with van der Waals surface area (Å²) in [6.45, 7) is 2.82. The molecule has 2 rings (SSSR count). The smallest absolute Gasteiger partial charge is 0.0771 e. The molecule has 0 spiro atoms. The molecule has 1 aromatic rings. The van der Waals surface area contributed by atoms with Gasteiger partial charge in [0.2, 0.25) is 0 Å². The predicted octanol–water partition coefficient (Wildman–Crippen LogP) is 2.43. The first-order valence-corrected chi connectivity index (χ1v) is 6.55. The molecule has 1 fully saturated rings. The molecule has 2 N–H and O–H groups in total. The highest BCUT2D eigenvalue weighted by Gasteiger charge is 2.29. The molecule has 1 heterocycles. The zero-order valence-corrected chi connectivity index (χ0v) is 10.5. The normalized spacial score (nSPS) is 21.1. The fourth-order valence-corrected chi connectivity index (χ4v) is 2.50. The van der Waals surface area contributed by atoms with Gasteiger partial charge in [-0.05, 0) is 37.5 Å². The first-order chi connectivity index (χ1) is 8.20. The second-order valence-corrected chi connectivity index (χ2v) is 5.17. The van der Waals surface area contributed by atoms with E-state index in [1.807, 2.05) is 24.5 Å². The summed E-state index contributed by atoms with van der Waals surface area (Å²) in [6.07, 6.45) is 9.06. The second-order valence-electron chi connectivity index (χ2n) is 5.17. The van der Waals surface area contributed by atoms with Crippen LogP contribution in [-0.4, -0.2) is 22.2 Å². The molecule has 94 valence electrons. The minimum absolute atomic E-state index is 0.268. The van der Waals surface area contributed by atoms with Crippen molar-refractivity contribution in [2.75, 3.05) is 6.54 Å². The maximum absolute atomic E-state index is 10.4. The Balaban J connectivity index is 1.85. The average Bonchev–Trinajstić information content (AvgIpc) is 2.38. The van der Waals surface area contributed by atoms with Crippen LogP contribution < -0.4 is 5.32 Å². The topological polar surface area (TPSA) is 45.1 Å². The molecule has 1 aromatic heterocycles. The van der Waals surface area contributed by atoms with E-state index in [4.69, 9.17) is 0 Å². The van der Waals surface area contributed by atoms with Crippen molar-refractivity contribution in [1.29, 1.82) is 0 Å². The fourth-order valence-electron chi connectivity index (χ4n) is 2.50. The van der Waals surface area contributed by atoms with Gasteiger partial charge in [-0.15, -0.1) is 0 Å². The van der Waals surface area contributed by atoms with Crippen LogP contribution in [0.25, 0.3) is 0 Å². The Morgan fingerprint density at radius 3 is 2.59 bits per heavy atom. The van der Waals surface area contributed by atoms with Gasteiger partial charge in [0.15, 0.2) is 0 Å². The molecule has 0 aromatic carbocycles. The van der Waals surface area contributed by atoms with Gasteiger partial charge in [0, 0.05) is 25.0 Å². The number of hydrogen-bond acceptors (Lipinski definition) is 3. The number of rotatable bonds is 4. The molecule has 3 nitrogen and oxygen atoms in total. The van der Waals surface area contributed by atoms with Gasteiger partial charge in [0.1, 0.15) is 0 Å². The van der Waals surface area contributed by atoms with Crippen molar-refractivity contribution >= 4 is 0 Å². The minimum Gasteiger partial charge on any atom is -0.389 e. The molecule has 1 saturated carbocycles. The number of nitrogens with one attached hydrogen (secondary N) is 1. The van der Waals surface area contributed by atoms with E-state index in [2.05, 4.69) is 17.2 Å². The molecule has 0 aliphatic heterocycles. The third-order valence-electron chi connectivity index (χ3n) is 3.73. The molecule has 0 saturated heterocycles. The third-order valence-corrected chi connectivity index (χ3v) is 3.73. The van der Waals surface area contributed by atoms with Gasteiger partial charge in [-0.25, -0.2) is 0 Å². The Labute approximate surface area is 103 Å². The highest BCUT2D eigenvalue weighted by molar-refractivity contribution is 5.14. The summed E-state index contributed by atoms with van der Waals surface area (Å²) in [5.74, 6) is 0. The van der Waals surface area contributed by atoms with E-state index in [1.165, 1.54) is 12.0 Å². The number of hydrogen-bond donors (Lipinski definition) is 2. The summed E-state index contributed by atoms with van der Waals surface area (Å²) in [5.41, 5.74) is 0.735. The number of aliphatic hydroxyl groups is 1. The van der Waals surface area contributed by atoms with Gasteiger partial charge in [0.05, 0.1) is 5.60 Å². The maximum Gasteiger partial charge on any atom is 0.0771 e. The molecular formula is C14H22N2O. The van der Waals surface area contributed by atoms with E-state index in [0.29, 0.717) is 6.54 Å². The molecule has 0 unspecified atom stereocenters. The summed E-state index contributed by atoms with van der Waals surface area (Å²) in [7, 11) is 0. The van der Waals surface area contributed by atoms with Gasteiger partial charge in [-0.3, -0.25) is 4.98 Å². The van der Waals surface area contributed by atoms with Crippen molar-refractivity contribution in [2.45, 2.75) is 50.7 Å². The van der Waals surface area contributed by atoms with Crippen LogP contribution in [0.2, 0.25) is 0 Å². The van der Waals surface area contributed by atoms with Crippen LogP contribution in [-0.2, 0) is 0 Å². The van der Waals surface area contributed by atoms with Crippen molar-refractivity contribution in [3.8, 4) is 0 Å². The molecule has 0 radical (unpaired) electrons. The summed E-state index contributed by atoms with van der Waals surface area (Å²) in [5, 5.41) is 13.8. The van der Waals surface area contributed by atoms with Crippen LogP contribution in [0.4, 0.5) is 0 Å². The summed E-state index contributed by atoms with van der Waals surface area (Å²) < 4.78 is 0. The van der Waals surface area contributed by atoms with Crippen molar-refractivity contribution in [1.82, 2.24) is 10.3 Å². The van der Waals surface area contributed by atoms with E-state index in [1.54, 1.807) is 0 Å². The Bertz CT molecular complexity index is 333. The first-order valence-electron chi connectivity index (χ1n) is 6.55. The second kappa shape index (κ2) is 5.61. The fraction of sp³-hybridized carbons (Fsp3) is 0.643. The number of pyridine rings is 1. The minimum atomic E-state index is -0.487. The Kier molecular flexibility index (Phi) is 4.13. The van der Waals surface area contributed by atoms with Gasteiger partial charge in [-0.2, -0.15) is 0 Å². The van der Waals surface area contributed by atoms with Crippen LogP contribution >= 0.6 is 0 Å². The van der Waals surface area contributed by atoms with E-state index < -0.39 is 5.60 Å². The lowest BCUT2D eigenvalue weighted by Gasteiger charge is -2.33. The van der Waals surface area contributed by atoms with Crippen LogP contribution in [0.1, 0.15) is 50.6 Å². The SMILES string of the molecule is C[C@@H](NCC1(O)CCCCC1)c1ccncc1. The van der Waals surface area contributed by atoms with Crippen molar-refractivity contribution in [2.24, 2.45) is 0 Å². The van der Waals surface area contributed by atoms with Gasteiger partial charge in [-0.1, -0.05) is 19.3 Å². The third kappa shape index (κ3) is 3.51. The summed E-state index contributed by atoms with van der Waals surface area (Å²) in [4.78, 5) is 4.01. The molecule has 0 bridgehead atoms. The maximum atomic E-state index is 10.4. The Hall–Kier alpha value is -0.930. The molecule has 3 heteroatoms. The van der Waals surface area contributed by atoms with Crippen molar-refractivity contribution in [3.05, 3.63) is 30.1 Å². The average molecular weight is 234 g/mol. The zero-order chi connectivity index (χ0) is 12.1.